The van der Waals surface area contributed by atoms with Crippen LogP contribution in [-0.4, -0.2) is 40.1 Å². The van der Waals surface area contributed by atoms with E-state index in [1.165, 1.54) is 36.4 Å². The molecule has 168 valence electrons. The van der Waals surface area contributed by atoms with E-state index in [0.717, 1.165) is 9.99 Å². The topological polar surface area (TPSA) is 147 Å². The zero-order valence-corrected chi connectivity index (χ0v) is 16.2. The maximum Gasteiger partial charge on any atom is 0.430 e. The predicted octanol–water partition coefficient (Wildman–Crippen LogP) is 1.23. The van der Waals surface area contributed by atoms with Crippen molar-refractivity contribution in [2.45, 2.75) is 18.6 Å². The number of phenolic OH excluding ortho intramolecular Hbond substituents is 1. The highest BCUT2D eigenvalue weighted by molar-refractivity contribution is 6.30. The Balaban J connectivity index is 0.000000505. The lowest BCUT2D eigenvalue weighted by molar-refractivity contribution is -0.670. The number of carboxylic acid groups (broad SMARTS) is 1. The van der Waals surface area contributed by atoms with E-state index in [9.17, 15) is 18.0 Å². The van der Waals surface area contributed by atoms with Gasteiger partial charge in [0.2, 0.25) is 5.91 Å². The van der Waals surface area contributed by atoms with Crippen LogP contribution >= 0.6 is 11.6 Å². The number of carbonyl (C=O) groups is 2. The molecule has 2 heterocycles. The van der Waals surface area contributed by atoms with Crippen molar-refractivity contribution in [1.82, 2.24) is 15.5 Å². The van der Waals surface area contributed by atoms with Crippen molar-refractivity contribution in [3.05, 3.63) is 53.3 Å². The first-order chi connectivity index (χ1) is 17.6. The van der Waals surface area contributed by atoms with E-state index in [-0.39, 0.29) is 28.0 Å². The number of anilines is 2. The summed E-state index contributed by atoms with van der Waals surface area (Å²) in [6.45, 7) is 0. The molecule has 1 atom stereocenters. The fourth-order valence-corrected chi connectivity index (χ4v) is 2.56. The number of benzene rings is 2. The molecule has 4 N–H and O–H groups in total. The normalized spacial score (nSPS) is 17.5. The summed E-state index contributed by atoms with van der Waals surface area (Å²) in [5, 5.41) is 22.6. The molecule has 2 aromatic carbocycles. The van der Waals surface area contributed by atoms with Crippen molar-refractivity contribution in [2.75, 3.05) is 10.6 Å². The number of carboxylic acids is 1. The number of phenols is 1. The number of H-pyrrole nitrogens is 1. The number of aromatic amines is 1. The summed E-state index contributed by atoms with van der Waals surface area (Å²) in [4.78, 5) is 21.8. The third-order valence-corrected chi connectivity index (χ3v) is 3.97. The molecule has 32 heavy (non-hydrogen) atoms. The number of aliphatic carboxylic acids is 1. The summed E-state index contributed by atoms with van der Waals surface area (Å²) >= 11 is 6.03. The van der Waals surface area contributed by atoms with E-state index in [0.29, 0.717) is 16.2 Å². The van der Waals surface area contributed by atoms with Crippen molar-refractivity contribution in [3.8, 4) is 11.4 Å². The Kier molecular flexibility index (Phi) is 4.51. The second-order valence-electron chi connectivity index (χ2n) is 5.95. The summed E-state index contributed by atoms with van der Waals surface area (Å²) in [6.07, 6.45) is -8.02. The molecule has 0 aliphatic carbocycles. The van der Waals surface area contributed by atoms with Crippen LogP contribution in [0.25, 0.3) is 5.69 Å². The number of tetrazole rings is 1. The summed E-state index contributed by atoms with van der Waals surface area (Å²) in [7, 11) is 0. The average Bonchev–Trinajstić information content (AvgIpc) is 3.23. The first kappa shape index (κ1) is 15.9. The molecule has 1 aromatic heterocycles. The summed E-state index contributed by atoms with van der Waals surface area (Å²) in [5.74, 6) is -4.26. The average molecular weight is 477 g/mol. The van der Waals surface area contributed by atoms with E-state index in [1.807, 2.05) is 0 Å². The number of amides is 1. The molecule has 14 heteroatoms. The van der Waals surface area contributed by atoms with Crippen LogP contribution in [0.3, 0.4) is 0 Å². The number of rotatable bonds is 4. The van der Waals surface area contributed by atoms with E-state index in [2.05, 4.69) is 15.4 Å². The number of fused-ring (bicyclic) bond motifs is 3. The summed E-state index contributed by atoms with van der Waals surface area (Å²) in [5.41, 5.74) is 0.518. The quantitative estimate of drug-likeness (QED) is 0.327. The van der Waals surface area contributed by atoms with Gasteiger partial charge in [0.15, 0.2) is 8.51 Å². The molecule has 0 fully saturated rings. The van der Waals surface area contributed by atoms with Gasteiger partial charge in [0.1, 0.15) is 17.8 Å². The summed E-state index contributed by atoms with van der Waals surface area (Å²) in [6, 6.07) is 8.20. The van der Waals surface area contributed by atoms with Crippen LogP contribution < -0.4 is 20.4 Å². The monoisotopic (exact) mass is 476 g/mol. The molecule has 0 bridgehead atoms. The fraction of sp³-hybridized carbons (Fsp3) is 0.167. The van der Waals surface area contributed by atoms with Crippen molar-refractivity contribution in [1.29, 1.82) is 1.43 Å². The second kappa shape index (κ2) is 9.09. The van der Waals surface area contributed by atoms with Gasteiger partial charge in [0, 0.05) is 13.5 Å². The van der Waals surface area contributed by atoms with E-state index in [4.69, 9.17) is 29.9 Å². The minimum Gasteiger partial charge on any atom is -0.542 e. The molecular formula is C18H14ClF3N6O4. The second-order valence-corrected chi connectivity index (χ2v) is 6.39. The van der Waals surface area contributed by atoms with E-state index in [1.54, 1.807) is 6.07 Å². The van der Waals surface area contributed by atoms with Crippen LogP contribution in [0.4, 0.5) is 24.5 Å². The zero-order chi connectivity index (χ0) is 28.6. The molecule has 0 spiro atoms. The van der Waals surface area contributed by atoms with Gasteiger partial charge in [-0.3, -0.25) is 4.79 Å². The first-order valence-corrected chi connectivity index (χ1v) is 8.79. The molecule has 1 aliphatic rings. The number of halogens is 4. The number of hydrogen-bond donors (Lipinski definition) is 4. The highest BCUT2D eigenvalue weighted by atomic mass is 35.5. The van der Waals surface area contributed by atoms with Gasteiger partial charge in [0.25, 0.3) is 1.43 Å². The Hall–Kier alpha value is -3.87. The lowest BCUT2D eigenvalue weighted by Crippen LogP contribution is -2.44. The molecule has 0 radical (unpaired) electrons. The van der Waals surface area contributed by atoms with Gasteiger partial charge in [-0.05, 0) is 47.7 Å². The van der Waals surface area contributed by atoms with Gasteiger partial charge in [-0.25, -0.2) is 0 Å². The van der Waals surface area contributed by atoms with Crippen LogP contribution in [-0.2, 0) is 9.59 Å². The number of hydrogen-bond acceptors (Lipinski definition) is 7. The largest absolute Gasteiger partial charge is 0.542 e. The standard InChI is InChI=1S/C16H13ClN6O2.C2HF3O2/c17-9-1-6-14-12(7-9)19-13(16-20-21-22-23(14)16)8-15(25)18-10-2-4-11(24)5-3-10;3-2(4,5)1(6)7/h1-7,13,19H,8H2,(H2,18,21,22,24,25);(H,6,7)/i8D2;/hD4. The van der Waals surface area contributed by atoms with Gasteiger partial charge in [-0.15, -0.1) is 0 Å². The molecule has 10 nitrogen and oxygen atoms in total. The highest BCUT2D eigenvalue weighted by Crippen LogP contribution is 2.30. The number of aromatic hydroxyl groups is 1. The van der Waals surface area contributed by atoms with Crippen molar-refractivity contribution < 1.29 is 44.6 Å². The third kappa shape index (κ3) is 5.43. The molecule has 3 aromatic rings. The number of nitrogens with one attached hydrogen (secondary N) is 3. The molecule has 1 amide bonds. The number of nitrogens with zero attached hydrogens (tertiary/aromatic N) is 3. The maximum atomic E-state index is 13.0. The highest BCUT2D eigenvalue weighted by Gasteiger charge is 2.35. The Bertz CT molecular complexity index is 1360. The maximum absolute atomic E-state index is 13.0. The van der Waals surface area contributed by atoms with Gasteiger partial charge < -0.3 is 25.6 Å². The third-order valence-electron chi connectivity index (χ3n) is 3.73. The van der Waals surface area contributed by atoms with Gasteiger partial charge >= 0.3 is 13.4 Å². The SMILES string of the molecule is O=C([O-])C(F)(F)F.[2H]Oc1ccc(N([2H])C(=O)C([2H])([2H])C2c3nn([2H])n[n+]3-c3ccc(Cl)cc3N2[2H])cc1. The molecule has 1 aliphatic heterocycles. The predicted molar refractivity (Wildman–Crippen MR) is 102 cm³/mol. The molecule has 4 rings (SSSR count). The van der Waals surface area contributed by atoms with Gasteiger partial charge in [0.05, 0.1) is 22.4 Å². The Labute approximate surface area is 191 Å². The lowest BCUT2D eigenvalue weighted by Gasteiger charge is -2.21. The Morgan fingerprint density at radius 3 is 2.69 bits per heavy atom. The zero-order valence-electron chi connectivity index (χ0n) is 21.4. The van der Waals surface area contributed by atoms with Crippen LogP contribution in [0.15, 0.2) is 42.5 Å². The van der Waals surface area contributed by atoms with Crippen LogP contribution in [0, 0.1) is 0 Å². The van der Waals surface area contributed by atoms with Crippen molar-refractivity contribution in [2.24, 2.45) is 0 Å². The minimum absolute atomic E-state index is 0.0301. The Morgan fingerprint density at radius 1 is 1.38 bits per heavy atom. The van der Waals surface area contributed by atoms with Crippen molar-refractivity contribution >= 4 is 34.9 Å². The van der Waals surface area contributed by atoms with E-state index >= 15 is 0 Å². The van der Waals surface area contributed by atoms with E-state index < -0.39 is 30.5 Å². The van der Waals surface area contributed by atoms with Gasteiger partial charge in [-0.2, -0.15) is 13.2 Å². The fourth-order valence-electron chi connectivity index (χ4n) is 2.40. The molecular weight excluding hydrogens is 457 g/mol. The number of aromatic nitrogens is 4. The summed E-state index contributed by atoms with van der Waals surface area (Å²) < 4.78 is 80.9. The van der Waals surface area contributed by atoms with Crippen LogP contribution in [0.1, 0.15) is 21.0 Å². The van der Waals surface area contributed by atoms with Crippen LogP contribution in [0.2, 0.25) is 9.26 Å². The lowest BCUT2D eigenvalue weighted by atomic mass is 10.1. The minimum atomic E-state index is -5.19. The number of carbonyl (C=O) groups excluding carboxylic acids is 2. The molecule has 0 saturated heterocycles. The van der Waals surface area contributed by atoms with Crippen LogP contribution in [0.5, 0.6) is 5.75 Å². The Morgan fingerprint density at radius 2 is 2.06 bits per heavy atom. The first-order valence-electron chi connectivity index (χ1n) is 11.2. The number of alkyl halides is 3. The van der Waals surface area contributed by atoms with Crippen molar-refractivity contribution in [3.63, 3.8) is 0 Å². The molecule has 0 saturated carbocycles. The van der Waals surface area contributed by atoms with Gasteiger partial charge in [-0.1, -0.05) is 16.3 Å². The smallest absolute Gasteiger partial charge is 0.430 e. The molecule has 1 unspecified atom stereocenters.